The number of rotatable bonds is 1. The second kappa shape index (κ2) is 9.49. The van der Waals surface area contributed by atoms with Gasteiger partial charge in [0.05, 0.1) is 35.7 Å². The number of hydrogen-bond donors (Lipinski definition) is 2. The second-order valence-electron chi connectivity index (χ2n) is 10.1. The van der Waals surface area contributed by atoms with Crippen molar-refractivity contribution >= 4 is 11.8 Å². The number of carbonyl (C=O) groups excluding carboxylic acids is 2. The third-order valence-corrected chi connectivity index (χ3v) is 7.37. The third-order valence-electron chi connectivity index (χ3n) is 7.37. The molecule has 2 aliphatic heterocycles. The van der Waals surface area contributed by atoms with E-state index in [9.17, 15) is 19.8 Å². The lowest BCUT2D eigenvalue weighted by molar-refractivity contribution is -0.154. The zero-order valence-corrected chi connectivity index (χ0v) is 19.6. The number of aliphatic hydroxyl groups is 2. The maximum absolute atomic E-state index is 13.1. The Kier molecular flexibility index (Phi) is 7.92. The van der Waals surface area contributed by atoms with Crippen LogP contribution in [0.1, 0.15) is 80.6 Å². The van der Waals surface area contributed by atoms with Crippen LogP contribution in [0, 0.1) is 17.3 Å². The van der Waals surface area contributed by atoms with Crippen LogP contribution in [0.5, 0.6) is 0 Å². The summed E-state index contributed by atoms with van der Waals surface area (Å²) in [6.45, 7) is 12.8. The topological polar surface area (TPSA) is 96.4 Å². The number of epoxide rings is 1. The quantitative estimate of drug-likeness (QED) is 0.379. The van der Waals surface area contributed by atoms with Crippen LogP contribution in [0.3, 0.4) is 0 Å². The van der Waals surface area contributed by atoms with E-state index >= 15 is 0 Å². The van der Waals surface area contributed by atoms with Crippen LogP contribution in [0.25, 0.3) is 0 Å². The molecule has 30 heavy (non-hydrogen) atoms. The molecular formula is C24H40O6. The van der Waals surface area contributed by atoms with Crippen molar-refractivity contribution in [2.75, 3.05) is 0 Å². The highest BCUT2D eigenvalue weighted by Gasteiger charge is 2.53. The van der Waals surface area contributed by atoms with E-state index in [0.29, 0.717) is 6.42 Å². The van der Waals surface area contributed by atoms with Gasteiger partial charge in [-0.15, -0.1) is 0 Å². The third kappa shape index (κ3) is 5.51. The summed E-state index contributed by atoms with van der Waals surface area (Å²) in [6, 6.07) is 0. The first kappa shape index (κ1) is 25.0. The van der Waals surface area contributed by atoms with Crippen molar-refractivity contribution in [3.8, 4) is 0 Å². The number of ketones is 1. The normalized spacial score (nSPS) is 41.7. The van der Waals surface area contributed by atoms with Gasteiger partial charge in [-0.1, -0.05) is 40.2 Å². The fourth-order valence-electron chi connectivity index (χ4n) is 4.48. The second-order valence-corrected chi connectivity index (χ2v) is 10.1. The summed E-state index contributed by atoms with van der Waals surface area (Å²) in [5.41, 5.74) is -0.472. The largest absolute Gasteiger partial charge is 0.458 e. The van der Waals surface area contributed by atoms with Gasteiger partial charge < -0.3 is 19.7 Å². The summed E-state index contributed by atoms with van der Waals surface area (Å²) < 4.78 is 11.7. The van der Waals surface area contributed by atoms with Crippen molar-refractivity contribution < 1.29 is 29.3 Å². The molecule has 0 amide bonds. The molecular weight excluding hydrogens is 384 g/mol. The Bertz CT molecular complexity index is 669. The van der Waals surface area contributed by atoms with Gasteiger partial charge in [0.25, 0.3) is 0 Å². The van der Waals surface area contributed by atoms with Crippen LogP contribution in [0.2, 0.25) is 0 Å². The zero-order chi connectivity index (χ0) is 22.9. The molecule has 7 atom stereocenters. The predicted octanol–water partition coefficient (Wildman–Crippen LogP) is 3.58. The van der Waals surface area contributed by atoms with Crippen molar-refractivity contribution in [1.29, 1.82) is 0 Å². The van der Waals surface area contributed by atoms with Gasteiger partial charge in [0.2, 0.25) is 0 Å². The van der Waals surface area contributed by atoms with E-state index in [0.717, 1.165) is 24.8 Å². The molecule has 6 nitrogen and oxygen atoms in total. The molecule has 0 aliphatic carbocycles. The summed E-state index contributed by atoms with van der Waals surface area (Å²) in [7, 11) is 0. The predicted molar refractivity (Wildman–Crippen MR) is 115 cm³/mol. The first-order valence-electron chi connectivity index (χ1n) is 11.2. The highest BCUT2D eigenvalue weighted by Crippen LogP contribution is 2.45. The van der Waals surface area contributed by atoms with E-state index in [1.807, 2.05) is 26.8 Å². The van der Waals surface area contributed by atoms with E-state index in [1.54, 1.807) is 20.8 Å². The number of Topliss-reactive ketones (excluding diaryl/α,β-unsaturated/α-hetero) is 1. The maximum atomic E-state index is 13.1. The number of allylic oxidation sites excluding steroid dienone is 1. The van der Waals surface area contributed by atoms with Crippen molar-refractivity contribution in [3.63, 3.8) is 0 Å². The fourth-order valence-corrected chi connectivity index (χ4v) is 4.48. The molecule has 0 unspecified atom stereocenters. The van der Waals surface area contributed by atoms with E-state index < -0.39 is 35.6 Å². The van der Waals surface area contributed by atoms with E-state index in [1.165, 1.54) is 0 Å². The minimum atomic E-state index is -1.19. The molecule has 0 radical (unpaired) electrons. The highest BCUT2D eigenvalue weighted by molar-refractivity contribution is 5.88. The first-order valence-corrected chi connectivity index (χ1v) is 11.2. The Morgan fingerprint density at radius 1 is 1.17 bits per heavy atom. The molecule has 2 saturated heterocycles. The Morgan fingerprint density at radius 3 is 2.40 bits per heavy atom. The maximum Gasteiger partial charge on any atom is 0.309 e. The number of aliphatic hydroxyl groups excluding tert-OH is 2. The van der Waals surface area contributed by atoms with E-state index in [2.05, 4.69) is 6.92 Å². The Hall–Kier alpha value is -1.24. The number of esters is 1. The molecule has 2 heterocycles. The molecule has 2 aliphatic rings. The van der Waals surface area contributed by atoms with Crippen molar-refractivity contribution in [2.24, 2.45) is 17.3 Å². The first-order chi connectivity index (χ1) is 13.8. The molecule has 0 aromatic rings. The number of fused-ring (bicyclic) bond motifs is 1. The summed E-state index contributed by atoms with van der Waals surface area (Å²) in [6.07, 6.45) is 2.37. The lowest BCUT2D eigenvalue weighted by atomic mass is 9.73. The van der Waals surface area contributed by atoms with Crippen LogP contribution >= 0.6 is 0 Å². The summed E-state index contributed by atoms with van der Waals surface area (Å²) in [5.74, 6) is -1.46. The molecule has 0 aromatic carbocycles. The van der Waals surface area contributed by atoms with Gasteiger partial charge >= 0.3 is 5.97 Å². The van der Waals surface area contributed by atoms with Gasteiger partial charge in [-0.05, 0) is 45.1 Å². The van der Waals surface area contributed by atoms with Crippen LogP contribution in [-0.4, -0.2) is 52.0 Å². The standard InChI is InChI=1S/C24H40O6/c1-8-14(2)17-12-19-24(7,30-19)11-9-10-15(3)21(27)16(4)22(28)23(5,6)18(25)13-20(26)29-17/h8,15-19,21,25,27H,9-13H2,1-7H3/b14-8+/t15-,16+,17-,18-,19-,21-,24-/m0/s1. The van der Waals surface area contributed by atoms with Crippen LogP contribution in [0.4, 0.5) is 0 Å². The van der Waals surface area contributed by atoms with E-state index in [-0.39, 0.29) is 29.8 Å². The Balaban J connectivity index is 2.26. The minimum absolute atomic E-state index is 0.0141. The van der Waals surface area contributed by atoms with Crippen molar-refractivity contribution in [2.45, 2.75) is 111 Å². The lowest BCUT2D eigenvalue weighted by Gasteiger charge is -2.34. The SMILES string of the molecule is C/C=C(\C)[C@@H]1C[C@@H]2O[C@@]2(C)CCC[C@H](C)[C@H](O)[C@@H](C)C(=O)C(C)(C)[C@@H](O)CC(=O)O1. The summed E-state index contributed by atoms with van der Waals surface area (Å²) in [5, 5.41) is 21.4. The van der Waals surface area contributed by atoms with Crippen molar-refractivity contribution in [3.05, 3.63) is 11.6 Å². The molecule has 6 heteroatoms. The number of hydrogen-bond acceptors (Lipinski definition) is 6. The van der Waals surface area contributed by atoms with Gasteiger partial charge in [-0.2, -0.15) is 0 Å². The molecule has 0 spiro atoms. The summed E-state index contributed by atoms with van der Waals surface area (Å²) in [4.78, 5) is 25.7. The van der Waals surface area contributed by atoms with E-state index in [4.69, 9.17) is 9.47 Å². The smallest absolute Gasteiger partial charge is 0.309 e. The van der Waals surface area contributed by atoms with Gasteiger partial charge in [-0.3, -0.25) is 9.59 Å². The highest BCUT2D eigenvalue weighted by atomic mass is 16.6. The summed E-state index contributed by atoms with van der Waals surface area (Å²) >= 11 is 0. The molecule has 0 bridgehead atoms. The van der Waals surface area contributed by atoms with Gasteiger partial charge in [0, 0.05) is 12.3 Å². The van der Waals surface area contributed by atoms with Crippen molar-refractivity contribution in [1.82, 2.24) is 0 Å². The minimum Gasteiger partial charge on any atom is -0.458 e. The molecule has 2 N–H and O–H groups in total. The number of ether oxygens (including phenoxy) is 2. The molecule has 0 saturated carbocycles. The molecule has 172 valence electrons. The van der Waals surface area contributed by atoms with Crippen LogP contribution in [0.15, 0.2) is 11.6 Å². The molecule has 2 fully saturated rings. The average molecular weight is 425 g/mol. The lowest BCUT2D eigenvalue weighted by Crippen LogP contribution is -2.45. The number of carbonyl (C=O) groups is 2. The van der Waals surface area contributed by atoms with Gasteiger partial charge in [0.15, 0.2) is 0 Å². The Labute approximate surface area is 181 Å². The Morgan fingerprint density at radius 2 is 1.80 bits per heavy atom. The van der Waals surface area contributed by atoms with Gasteiger partial charge in [-0.25, -0.2) is 0 Å². The number of cyclic esters (lactones) is 1. The van der Waals surface area contributed by atoms with Gasteiger partial charge in [0.1, 0.15) is 11.9 Å². The monoisotopic (exact) mass is 424 g/mol. The zero-order valence-electron chi connectivity index (χ0n) is 19.6. The molecule has 2 rings (SSSR count). The average Bonchev–Trinajstić information content (AvgIpc) is 3.32. The van der Waals surface area contributed by atoms with Crippen LogP contribution in [-0.2, 0) is 19.1 Å². The molecule has 0 aromatic heterocycles. The van der Waals surface area contributed by atoms with Crippen LogP contribution < -0.4 is 0 Å². The fraction of sp³-hybridized carbons (Fsp3) is 0.833.